The molecule has 5 nitrogen and oxygen atoms in total. The number of carbonyl (C=O) groups is 1. The highest BCUT2D eigenvalue weighted by Crippen LogP contribution is 2.28. The summed E-state index contributed by atoms with van der Waals surface area (Å²) in [5.74, 6) is 0.109. The molecule has 3 rings (SSSR count). The van der Waals surface area contributed by atoms with Gasteiger partial charge in [-0.05, 0) is 49.9 Å². The lowest BCUT2D eigenvalue weighted by Gasteiger charge is -2.34. The number of benzene rings is 1. The van der Waals surface area contributed by atoms with Crippen molar-refractivity contribution in [1.29, 1.82) is 0 Å². The van der Waals surface area contributed by atoms with E-state index in [0.29, 0.717) is 37.0 Å². The maximum Gasteiger partial charge on any atom is 0.243 e. The van der Waals surface area contributed by atoms with Gasteiger partial charge in [0.1, 0.15) is 0 Å². The molecule has 1 saturated carbocycles. The topological polar surface area (TPSA) is 57.7 Å². The highest BCUT2D eigenvalue weighted by molar-refractivity contribution is 7.89. The van der Waals surface area contributed by atoms with E-state index in [-0.39, 0.29) is 16.7 Å². The minimum Gasteiger partial charge on any atom is -0.343 e. The molecule has 25 heavy (non-hydrogen) atoms. The predicted octanol–water partition coefficient (Wildman–Crippen LogP) is 3.14. The number of sulfonamides is 1. The molecule has 0 bridgehead atoms. The quantitative estimate of drug-likeness (QED) is 0.801. The van der Waals surface area contributed by atoms with Gasteiger partial charge < -0.3 is 4.90 Å². The second kappa shape index (κ2) is 7.64. The summed E-state index contributed by atoms with van der Waals surface area (Å²) in [6, 6.07) is 6.59. The van der Waals surface area contributed by atoms with Crippen LogP contribution in [0.2, 0.25) is 5.02 Å². The minimum absolute atomic E-state index is 0.0673. The summed E-state index contributed by atoms with van der Waals surface area (Å²) in [7, 11) is -1.62. The molecule has 1 amide bonds. The van der Waals surface area contributed by atoms with Crippen LogP contribution in [-0.4, -0.2) is 49.7 Å². The molecule has 1 aromatic carbocycles. The van der Waals surface area contributed by atoms with Gasteiger partial charge in [0.05, 0.1) is 4.90 Å². The molecule has 2 fully saturated rings. The molecule has 2 aliphatic rings. The van der Waals surface area contributed by atoms with E-state index in [1.807, 2.05) is 11.9 Å². The van der Waals surface area contributed by atoms with Gasteiger partial charge in [-0.25, -0.2) is 8.42 Å². The number of rotatable bonds is 4. The number of hydrogen-bond acceptors (Lipinski definition) is 3. The molecule has 1 aromatic rings. The summed E-state index contributed by atoms with van der Waals surface area (Å²) in [6.45, 7) is 0.778. The smallest absolute Gasteiger partial charge is 0.243 e. The van der Waals surface area contributed by atoms with Gasteiger partial charge in [-0.15, -0.1) is 0 Å². The SMILES string of the molecule is CN(C(=O)C1CCN(S(=O)(=O)c2ccc(Cl)cc2)CC1)C1CCCC1. The first kappa shape index (κ1) is 18.7. The zero-order valence-corrected chi connectivity index (χ0v) is 16.1. The molecule has 0 aromatic heterocycles. The first-order valence-corrected chi connectivity index (χ1v) is 10.7. The van der Waals surface area contributed by atoms with Crippen molar-refractivity contribution in [2.75, 3.05) is 20.1 Å². The van der Waals surface area contributed by atoms with Gasteiger partial charge in [-0.2, -0.15) is 4.31 Å². The molecule has 0 unspecified atom stereocenters. The summed E-state index contributed by atoms with van der Waals surface area (Å²) < 4.78 is 26.9. The Balaban J connectivity index is 1.61. The van der Waals surface area contributed by atoms with E-state index in [4.69, 9.17) is 11.6 Å². The minimum atomic E-state index is -3.51. The Labute approximate surface area is 155 Å². The average molecular weight is 385 g/mol. The predicted molar refractivity (Wildman–Crippen MR) is 98.0 cm³/mol. The van der Waals surface area contributed by atoms with E-state index < -0.39 is 10.0 Å². The molecule has 138 valence electrons. The maximum atomic E-state index is 12.7. The Morgan fingerprint density at radius 2 is 1.64 bits per heavy atom. The van der Waals surface area contributed by atoms with Gasteiger partial charge in [0.15, 0.2) is 0 Å². The largest absolute Gasteiger partial charge is 0.343 e. The third-order valence-corrected chi connectivity index (χ3v) is 7.64. The van der Waals surface area contributed by atoms with Crippen LogP contribution in [0, 0.1) is 5.92 Å². The normalized spacial score (nSPS) is 20.7. The highest BCUT2D eigenvalue weighted by atomic mass is 35.5. The second-order valence-electron chi connectivity index (χ2n) is 7.02. The first-order chi connectivity index (χ1) is 11.9. The van der Waals surface area contributed by atoms with Gasteiger partial charge in [-0.1, -0.05) is 24.4 Å². The number of halogens is 1. The molecule has 1 saturated heterocycles. The Hall–Kier alpha value is -1.11. The summed E-state index contributed by atoms with van der Waals surface area (Å²) in [4.78, 5) is 14.9. The summed E-state index contributed by atoms with van der Waals surface area (Å²) >= 11 is 5.83. The number of hydrogen-bond donors (Lipinski definition) is 0. The van der Waals surface area contributed by atoms with E-state index in [0.717, 1.165) is 12.8 Å². The van der Waals surface area contributed by atoms with Crippen LogP contribution in [-0.2, 0) is 14.8 Å². The Morgan fingerprint density at radius 3 is 2.20 bits per heavy atom. The van der Waals surface area contributed by atoms with E-state index >= 15 is 0 Å². The van der Waals surface area contributed by atoms with Crippen molar-refractivity contribution in [3.8, 4) is 0 Å². The van der Waals surface area contributed by atoms with Crippen LogP contribution in [0.3, 0.4) is 0 Å². The van der Waals surface area contributed by atoms with Crippen LogP contribution in [0.1, 0.15) is 38.5 Å². The number of piperidine rings is 1. The lowest BCUT2D eigenvalue weighted by molar-refractivity contribution is -0.137. The second-order valence-corrected chi connectivity index (χ2v) is 9.39. The van der Waals surface area contributed by atoms with E-state index in [1.165, 1.54) is 29.3 Å². The van der Waals surface area contributed by atoms with Crippen molar-refractivity contribution in [3.63, 3.8) is 0 Å². The van der Waals surface area contributed by atoms with Gasteiger partial charge in [0, 0.05) is 37.1 Å². The standard InChI is InChI=1S/C18H25ClN2O3S/c1-20(16-4-2-3-5-16)18(22)14-10-12-21(13-11-14)25(23,24)17-8-6-15(19)7-9-17/h6-9,14,16H,2-5,10-13H2,1H3. The van der Waals surface area contributed by atoms with Crippen LogP contribution in [0.5, 0.6) is 0 Å². The zero-order chi connectivity index (χ0) is 18.0. The number of nitrogens with zero attached hydrogens (tertiary/aromatic N) is 2. The highest BCUT2D eigenvalue weighted by Gasteiger charge is 2.34. The van der Waals surface area contributed by atoms with Crippen molar-refractivity contribution in [2.45, 2.75) is 49.5 Å². The van der Waals surface area contributed by atoms with E-state index in [2.05, 4.69) is 0 Å². The van der Waals surface area contributed by atoms with Crippen LogP contribution < -0.4 is 0 Å². The van der Waals surface area contributed by atoms with Crippen LogP contribution in [0.15, 0.2) is 29.2 Å². The Kier molecular flexibility index (Phi) is 5.71. The van der Waals surface area contributed by atoms with Crippen LogP contribution >= 0.6 is 11.6 Å². The molecule has 0 spiro atoms. The molecule has 0 atom stereocenters. The third-order valence-electron chi connectivity index (χ3n) is 5.47. The van der Waals surface area contributed by atoms with Crippen LogP contribution in [0.25, 0.3) is 0 Å². The fraction of sp³-hybridized carbons (Fsp3) is 0.611. The van der Waals surface area contributed by atoms with Crippen molar-refractivity contribution in [3.05, 3.63) is 29.3 Å². The van der Waals surface area contributed by atoms with Gasteiger partial charge in [0.25, 0.3) is 0 Å². The van der Waals surface area contributed by atoms with E-state index in [9.17, 15) is 13.2 Å². The van der Waals surface area contributed by atoms with Crippen molar-refractivity contribution in [1.82, 2.24) is 9.21 Å². The Bertz CT molecular complexity index is 706. The molecular formula is C18H25ClN2O3S. The third kappa shape index (κ3) is 4.01. The lowest BCUT2D eigenvalue weighted by Crippen LogP contribution is -2.45. The summed E-state index contributed by atoms with van der Waals surface area (Å²) in [5.41, 5.74) is 0. The summed E-state index contributed by atoms with van der Waals surface area (Å²) in [5, 5.41) is 0.512. The number of carbonyl (C=O) groups excluding carboxylic acids is 1. The molecule has 0 radical (unpaired) electrons. The van der Waals surface area contributed by atoms with Gasteiger partial charge in [0.2, 0.25) is 15.9 Å². The average Bonchev–Trinajstić information content (AvgIpc) is 3.15. The van der Waals surface area contributed by atoms with Crippen molar-refractivity contribution in [2.24, 2.45) is 5.92 Å². The molecular weight excluding hydrogens is 360 g/mol. The lowest BCUT2D eigenvalue weighted by atomic mass is 9.96. The first-order valence-electron chi connectivity index (χ1n) is 8.92. The van der Waals surface area contributed by atoms with Crippen molar-refractivity contribution < 1.29 is 13.2 Å². The van der Waals surface area contributed by atoms with Gasteiger partial charge >= 0.3 is 0 Å². The molecule has 1 heterocycles. The fourth-order valence-corrected chi connectivity index (χ4v) is 5.45. The fourth-order valence-electron chi connectivity index (χ4n) is 3.86. The van der Waals surface area contributed by atoms with Crippen molar-refractivity contribution >= 4 is 27.5 Å². The maximum absolute atomic E-state index is 12.7. The number of amides is 1. The van der Waals surface area contributed by atoms with E-state index in [1.54, 1.807) is 12.1 Å². The van der Waals surface area contributed by atoms with Gasteiger partial charge in [-0.3, -0.25) is 4.79 Å². The Morgan fingerprint density at radius 1 is 1.08 bits per heavy atom. The van der Waals surface area contributed by atoms with Crippen LogP contribution in [0.4, 0.5) is 0 Å². The molecule has 1 aliphatic heterocycles. The molecule has 1 aliphatic carbocycles. The molecule has 0 N–H and O–H groups in total. The molecule has 7 heteroatoms. The summed E-state index contributed by atoms with van der Waals surface area (Å²) in [6.07, 6.45) is 5.74. The monoisotopic (exact) mass is 384 g/mol. The zero-order valence-electron chi connectivity index (χ0n) is 14.5.